The van der Waals surface area contributed by atoms with Gasteiger partial charge in [0.2, 0.25) is 0 Å². The zero-order chi connectivity index (χ0) is 25.3. The predicted octanol–water partition coefficient (Wildman–Crippen LogP) is 3.04. The van der Waals surface area contributed by atoms with E-state index in [1.807, 2.05) is 21.1 Å². The van der Waals surface area contributed by atoms with E-state index < -0.39 is 10.4 Å². The van der Waals surface area contributed by atoms with Crippen molar-refractivity contribution in [2.24, 2.45) is 11.3 Å². The minimum atomic E-state index is -4.16. The molecule has 1 N–H and O–H groups in total. The third kappa shape index (κ3) is 36.0. The third-order valence-corrected chi connectivity index (χ3v) is 3.79. The molecular formula is C21H42NO8S+. The minimum Gasteiger partial charge on any atom is -0.463 e. The first-order valence-corrected chi connectivity index (χ1v) is 11.1. The van der Waals surface area contributed by atoms with Gasteiger partial charge in [-0.15, -0.1) is 0 Å². The third-order valence-electron chi connectivity index (χ3n) is 3.37. The normalized spacial score (nSPS) is 12.2. The van der Waals surface area contributed by atoms with Crippen LogP contribution < -0.4 is 0 Å². The van der Waals surface area contributed by atoms with Gasteiger partial charge in [0, 0.05) is 12.2 Å². The van der Waals surface area contributed by atoms with Crippen LogP contribution in [0.2, 0.25) is 0 Å². The van der Waals surface area contributed by atoms with E-state index in [0.29, 0.717) is 24.5 Å². The number of carbonyl (C=O) groups excluding carboxylic acids is 2. The van der Waals surface area contributed by atoms with Crippen molar-refractivity contribution in [2.45, 2.75) is 40.5 Å². The highest BCUT2D eigenvalue weighted by atomic mass is 32.3. The topological polar surface area (TPSA) is 116 Å². The fourth-order valence-corrected chi connectivity index (χ4v) is 2.05. The fourth-order valence-electron chi connectivity index (χ4n) is 2.05. The van der Waals surface area contributed by atoms with Crippen LogP contribution in [0.1, 0.15) is 40.5 Å². The van der Waals surface area contributed by atoms with Crippen LogP contribution in [0.4, 0.5) is 0 Å². The fraction of sp³-hybridized carbons (Fsp3) is 0.714. The molecule has 0 bridgehead atoms. The Labute approximate surface area is 188 Å². The highest BCUT2D eigenvalue weighted by molar-refractivity contribution is 7.80. The van der Waals surface area contributed by atoms with Gasteiger partial charge in [-0.2, -0.15) is 8.42 Å². The summed E-state index contributed by atoms with van der Waals surface area (Å²) in [7, 11) is 2.84. The lowest BCUT2D eigenvalue weighted by Gasteiger charge is -2.23. The lowest BCUT2D eigenvalue weighted by atomic mass is 9.84. The van der Waals surface area contributed by atoms with Crippen molar-refractivity contribution in [2.75, 3.05) is 48.0 Å². The van der Waals surface area contributed by atoms with E-state index in [2.05, 4.69) is 45.0 Å². The van der Waals surface area contributed by atoms with Gasteiger partial charge in [0.15, 0.2) is 0 Å². The molecule has 0 aliphatic carbocycles. The number of hydrogen-bond donors (Lipinski definition) is 1. The molecule has 0 amide bonds. The summed E-state index contributed by atoms with van der Waals surface area (Å²) in [6.07, 6.45) is 4.46. The summed E-state index contributed by atoms with van der Waals surface area (Å²) >= 11 is 0. The minimum absolute atomic E-state index is 0.326. The van der Waals surface area contributed by atoms with Crippen LogP contribution in [0, 0.1) is 11.3 Å². The van der Waals surface area contributed by atoms with Gasteiger partial charge in [0.05, 0.1) is 34.9 Å². The van der Waals surface area contributed by atoms with Crippen LogP contribution in [-0.4, -0.2) is 77.4 Å². The molecule has 0 radical (unpaired) electrons. The van der Waals surface area contributed by atoms with Crippen molar-refractivity contribution in [3.8, 4) is 0 Å². The van der Waals surface area contributed by atoms with Crippen LogP contribution in [-0.2, 0) is 33.6 Å². The summed E-state index contributed by atoms with van der Waals surface area (Å²) in [6, 6.07) is 0. The maximum Gasteiger partial charge on any atom is 0.397 e. The smallest absolute Gasteiger partial charge is 0.397 e. The molecule has 31 heavy (non-hydrogen) atoms. The molecule has 0 rings (SSSR count). The van der Waals surface area contributed by atoms with Crippen molar-refractivity contribution < 1.29 is 40.7 Å². The van der Waals surface area contributed by atoms with E-state index in [0.717, 1.165) is 31.0 Å². The number of nitrogens with zero attached hydrogens (tertiary/aromatic N) is 1. The Morgan fingerprint density at radius 3 is 1.71 bits per heavy atom. The van der Waals surface area contributed by atoms with Crippen molar-refractivity contribution in [1.82, 2.24) is 0 Å². The van der Waals surface area contributed by atoms with Crippen LogP contribution in [0.25, 0.3) is 0 Å². The SMILES string of the molecule is C=CC(=O)OCCC(C)CC(C)(C)C.C=CC(=O)OCC[N+](C)(C)C.COS(=O)(=O)O. The standard InChI is InChI=1S/C12H22O2.C8H16NO2.CH4O4S/c1-6-11(13)14-8-7-10(2)9-12(3,4)5;1-5-8(10)11-7-6-9(2,3)4;1-5-6(2,3)4/h6,10H,1,7-9H2,2-5H3;5H,1,6-7H2,2-4H3;1H3,(H,2,3,4)/q;+1;. The molecule has 0 aromatic rings. The number of carbonyl (C=O) groups is 2. The second-order valence-electron chi connectivity index (χ2n) is 9.01. The molecule has 9 nitrogen and oxygen atoms in total. The van der Waals surface area contributed by atoms with Gasteiger partial charge in [0.1, 0.15) is 13.2 Å². The second-order valence-corrected chi connectivity index (χ2v) is 10.2. The first-order chi connectivity index (χ1) is 13.9. The quantitative estimate of drug-likeness (QED) is 0.225. The number of esters is 2. The van der Waals surface area contributed by atoms with E-state index >= 15 is 0 Å². The van der Waals surface area contributed by atoms with E-state index in [1.54, 1.807) is 0 Å². The summed E-state index contributed by atoms with van der Waals surface area (Å²) < 4.78 is 40.2. The summed E-state index contributed by atoms with van der Waals surface area (Å²) in [5.41, 5.74) is 0.349. The van der Waals surface area contributed by atoms with E-state index in [1.165, 1.54) is 12.2 Å². The number of ether oxygens (including phenoxy) is 2. The highest BCUT2D eigenvalue weighted by Crippen LogP contribution is 2.25. The number of quaternary nitrogens is 1. The summed E-state index contributed by atoms with van der Waals surface area (Å²) in [5.74, 6) is -0.0842. The van der Waals surface area contributed by atoms with Crippen molar-refractivity contribution in [3.05, 3.63) is 25.3 Å². The molecule has 0 saturated heterocycles. The molecule has 0 aromatic heterocycles. The van der Waals surface area contributed by atoms with Crippen LogP contribution >= 0.6 is 0 Å². The Kier molecular flexibility index (Phi) is 18.4. The van der Waals surface area contributed by atoms with E-state index in [9.17, 15) is 18.0 Å². The first-order valence-electron chi connectivity index (χ1n) is 9.78. The zero-order valence-electron chi connectivity index (χ0n) is 20.3. The molecule has 10 heteroatoms. The van der Waals surface area contributed by atoms with Crippen LogP contribution in [0.15, 0.2) is 25.3 Å². The molecule has 184 valence electrons. The molecule has 0 heterocycles. The molecule has 0 fully saturated rings. The summed E-state index contributed by atoms with van der Waals surface area (Å²) in [5, 5.41) is 0. The number of rotatable bonds is 10. The Hall–Kier alpha value is -1.75. The van der Waals surface area contributed by atoms with Gasteiger partial charge in [-0.25, -0.2) is 9.59 Å². The molecule has 0 aromatic carbocycles. The summed E-state index contributed by atoms with van der Waals surface area (Å²) in [6.45, 7) is 17.3. The van der Waals surface area contributed by atoms with Crippen molar-refractivity contribution >= 4 is 22.3 Å². The second kappa shape index (κ2) is 16.9. The lowest BCUT2D eigenvalue weighted by Crippen LogP contribution is -2.37. The predicted molar refractivity (Wildman–Crippen MR) is 122 cm³/mol. The van der Waals surface area contributed by atoms with Gasteiger partial charge in [-0.1, -0.05) is 40.9 Å². The Balaban J connectivity index is -0.000000410. The average Bonchev–Trinajstić information content (AvgIpc) is 2.59. The van der Waals surface area contributed by atoms with Gasteiger partial charge in [0.25, 0.3) is 0 Å². The first kappa shape index (κ1) is 33.9. The van der Waals surface area contributed by atoms with Gasteiger partial charge in [-0.3, -0.25) is 8.74 Å². The van der Waals surface area contributed by atoms with Gasteiger partial charge < -0.3 is 14.0 Å². The van der Waals surface area contributed by atoms with Crippen molar-refractivity contribution in [3.63, 3.8) is 0 Å². The Bertz CT molecular complexity index is 631. The van der Waals surface area contributed by atoms with Crippen LogP contribution in [0.5, 0.6) is 0 Å². The monoisotopic (exact) mass is 468 g/mol. The van der Waals surface area contributed by atoms with Crippen molar-refractivity contribution in [1.29, 1.82) is 0 Å². The Morgan fingerprint density at radius 1 is 1.03 bits per heavy atom. The highest BCUT2D eigenvalue weighted by Gasteiger charge is 2.15. The van der Waals surface area contributed by atoms with Gasteiger partial charge in [-0.05, 0) is 24.2 Å². The summed E-state index contributed by atoms with van der Waals surface area (Å²) in [4.78, 5) is 21.3. The molecule has 0 saturated carbocycles. The largest absolute Gasteiger partial charge is 0.463 e. The average molecular weight is 469 g/mol. The molecular weight excluding hydrogens is 426 g/mol. The van der Waals surface area contributed by atoms with Gasteiger partial charge >= 0.3 is 22.3 Å². The molecule has 0 aliphatic heterocycles. The lowest BCUT2D eigenvalue weighted by molar-refractivity contribution is -0.870. The number of likely N-dealkylation sites (N-methyl/N-ethyl adjacent to an activating group) is 1. The number of hydrogen-bond acceptors (Lipinski definition) is 7. The maximum atomic E-state index is 10.7. The molecule has 0 aliphatic rings. The maximum absolute atomic E-state index is 10.7. The van der Waals surface area contributed by atoms with E-state index in [4.69, 9.17) is 14.0 Å². The molecule has 1 atom stereocenters. The Morgan fingerprint density at radius 2 is 1.42 bits per heavy atom. The zero-order valence-corrected chi connectivity index (χ0v) is 21.2. The molecule has 1 unspecified atom stereocenters. The van der Waals surface area contributed by atoms with E-state index in [-0.39, 0.29) is 11.9 Å². The molecule has 0 spiro atoms. The van der Waals surface area contributed by atoms with Crippen LogP contribution in [0.3, 0.4) is 0 Å².